The monoisotopic (exact) mass is 235 g/mol. The first kappa shape index (κ1) is 13.3. The van der Waals surface area contributed by atoms with Crippen LogP contribution in [0.15, 0.2) is 0 Å². The van der Waals surface area contributed by atoms with Crippen LogP contribution in [0.3, 0.4) is 0 Å². The SMILES string of the molecule is CNC(=O)CC1O[C@H](CO)[C@H](O)[C@H](O)[C@H]1O. The van der Waals surface area contributed by atoms with E-state index in [0.29, 0.717) is 0 Å². The van der Waals surface area contributed by atoms with Gasteiger partial charge in [-0.1, -0.05) is 0 Å². The van der Waals surface area contributed by atoms with Gasteiger partial charge < -0.3 is 30.5 Å². The second-order valence-corrected chi connectivity index (χ2v) is 3.74. The van der Waals surface area contributed by atoms with E-state index in [-0.39, 0.29) is 12.3 Å². The Labute approximate surface area is 92.7 Å². The van der Waals surface area contributed by atoms with Crippen LogP contribution >= 0.6 is 0 Å². The van der Waals surface area contributed by atoms with E-state index in [0.717, 1.165) is 0 Å². The Kier molecular flexibility index (Phi) is 4.63. The number of amides is 1. The van der Waals surface area contributed by atoms with Gasteiger partial charge in [-0.25, -0.2) is 0 Å². The molecule has 5 atom stereocenters. The van der Waals surface area contributed by atoms with Gasteiger partial charge in [0.2, 0.25) is 5.91 Å². The summed E-state index contributed by atoms with van der Waals surface area (Å²) in [6.07, 6.45) is -6.21. The minimum Gasteiger partial charge on any atom is -0.394 e. The Hall–Kier alpha value is -0.730. The van der Waals surface area contributed by atoms with Crippen molar-refractivity contribution in [1.29, 1.82) is 0 Å². The molecule has 7 heteroatoms. The van der Waals surface area contributed by atoms with Crippen LogP contribution in [-0.2, 0) is 9.53 Å². The molecular weight excluding hydrogens is 218 g/mol. The molecule has 5 N–H and O–H groups in total. The number of aliphatic hydroxyl groups is 4. The van der Waals surface area contributed by atoms with Crippen LogP contribution in [0.5, 0.6) is 0 Å². The summed E-state index contributed by atoms with van der Waals surface area (Å²) < 4.78 is 5.13. The highest BCUT2D eigenvalue weighted by atomic mass is 16.5. The molecule has 0 bridgehead atoms. The van der Waals surface area contributed by atoms with Crippen molar-refractivity contribution in [3.63, 3.8) is 0 Å². The highest BCUT2D eigenvalue weighted by Gasteiger charge is 2.43. The van der Waals surface area contributed by atoms with Gasteiger partial charge in [0.1, 0.15) is 24.4 Å². The third kappa shape index (κ3) is 2.69. The maximum atomic E-state index is 11.1. The Morgan fingerprint density at radius 1 is 1.19 bits per heavy atom. The third-order valence-electron chi connectivity index (χ3n) is 2.66. The first-order valence-corrected chi connectivity index (χ1v) is 5.02. The lowest BCUT2D eigenvalue weighted by atomic mass is 9.93. The molecule has 1 saturated heterocycles. The van der Waals surface area contributed by atoms with Crippen molar-refractivity contribution in [2.45, 2.75) is 36.9 Å². The van der Waals surface area contributed by atoms with Crippen molar-refractivity contribution in [3.8, 4) is 0 Å². The van der Waals surface area contributed by atoms with Gasteiger partial charge in [0, 0.05) is 7.05 Å². The van der Waals surface area contributed by atoms with Gasteiger partial charge in [0.05, 0.1) is 19.1 Å². The van der Waals surface area contributed by atoms with Crippen molar-refractivity contribution in [3.05, 3.63) is 0 Å². The molecule has 0 aromatic carbocycles. The number of hydrogen-bond donors (Lipinski definition) is 5. The normalized spacial score (nSPS) is 39.4. The van der Waals surface area contributed by atoms with Crippen LogP contribution in [0, 0.1) is 0 Å². The molecule has 1 rings (SSSR count). The van der Waals surface area contributed by atoms with Gasteiger partial charge in [-0.05, 0) is 0 Å². The van der Waals surface area contributed by atoms with Crippen molar-refractivity contribution in [2.24, 2.45) is 0 Å². The molecule has 0 saturated carbocycles. The van der Waals surface area contributed by atoms with Crippen LogP contribution < -0.4 is 5.32 Å². The van der Waals surface area contributed by atoms with E-state index < -0.39 is 37.1 Å². The van der Waals surface area contributed by atoms with Gasteiger partial charge in [-0.15, -0.1) is 0 Å². The van der Waals surface area contributed by atoms with E-state index in [1.54, 1.807) is 0 Å². The molecule has 1 fully saturated rings. The molecule has 16 heavy (non-hydrogen) atoms. The Morgan fingerprint density at radius 3 is 2.25 bits per heavy atom. The van der Waals surface area contributed by atoms with Crippen molar-refractivity contribution < 1.29 is 30.0 Å². The van der Waals surface area contributed by atoms with Gasteiger partial charge in [-0.3, -0.25) is 4.79 Å². The average molecular weight is 235 g/mol. The summed E-state index contributed by atoms with van der Waals surface area (Å²) in [6.45, 7) is -0.491. The average Bonchev–Trinajstić information content (AvgIpc) is 2.29. The lowest BCUT2D eigenvalue weighted by Gasteiger charge is -2.39. The van der Waals surface area contributed by atoms with Gasteiger partial charge >= 0.3 is 0 Å². The van der Waals surface area contributed by atoms with E-state index in [1.165, 1.54) is 7.05 Å². The molecule has 0 radical (unpaired) electrons. The Morgan fingerprint density at radius 2 is 1.75 bits per heavy atom. The smallest absolute Gasteiger partial charge is 0.222 e. The molecular formula is C9H17NO6. The molecule has 0 spiro atoms. The fourth-order valence-corrected chi connectivity index (χ4v) is 1.63. The van der Waals surface area contributed by atoms with Crippen LogP contribution in [0.25, 0.3) is 0 Å². The number of carbonyl (C=O) groups excluding carboxylic acids is 1. The number of hydrogen-bond acceptors (Lipinski definition) is 6. The maximum absolute atomic E-state index is 11.1. The summed E-state index contributed by atoms with van der Waals surface area (Å²) in [5, 5.41) is 39.7. The van der Waals surface area contributed by atoms with E-state index in [1.807, 2.05) is 0 Å². The van der Waals surface area contributed by atoms with Crippen LogP contribution in [0.1, 0.15) is 6.42 Å². The van der Waals surface area contributed by atoms with Crippen molar-refractivity contribution in [1.82, 2.24) is 5.32 Å². The highest BCUT2D eigenvalue weighted by Crippen LogP contribution is 2.22. The van der Waals surface area contributed by atoms with E-state index >= 15 is 0 Å². The minimum absolute atomic E-state index is 0.141. The molecule has 0 aliphatic carbocycles. The summed E-state index contributed by atoms with van der Waals surface area (Å²) in [6, 6.07) is 0. The predicted molar refractivity (Wildman–Crippen MR) is 52.5 cm³/mol. The number of rotatable bonds is 3. The molecule has 0 aromatic rings. The number of carbonyl (C=O) groups is 1. The molecule has 1 unspecified atom stereocenters. The van der Waals surface area contributed by atoms with Crippen molar-refractivity contribution in [2.75, 3.05) is 13.7 Å². The van der Waals surface area contributed by atoms with E-state index in [4.69, 9.17) is 9.84 Å². The Balaban J connectivity index is 2.67. The van der Waals surface area contributed by atoms with E-state index in [9.17, 15) is 20.1 Å². The van der Waals surface area contributed by atoms with Crippen LogP contribution in [-0.4, -0.2) is 70.5 Å². The zero-order chi connectivity index (χ0) is 12.3. The predicted octanol–water partition coefficient (Wildman–Crippen LogP) is -3.04. The Bertz CT molecular complexity index is 246. The number of aliphatic hydroxyl groups excluding tert-OH is 4. The van der Waals surface area contributed by atoms with Gasteiger partial charge in [0.15, 0.2) is 0 Å². The lowest BCUT2D eigenvalue weighted by molar-refractivity contribution is -0.229. The van der Waals surface area contributed by atoms with Crippen molar-refractivity contribution >= 4 is 5.91 Å². The zero-order valence-electron chi connectivity index (χ0n) is 8.91. The number of nitrogens with one attached hydrogen (secondary N) is 1. The maximum Gasteiger partial charge on any atom is 0.222 e. The summed E-state index contributed by atoms with van der Waals surface area (Å²) in [4.78, 5) is 11.1. The number of ether oxygens (including phenoxy) is 1. The molecule has 1 aliphatic heterocycles. The molecule has 1 heterocycles. The summed E-state index contributed by atoms with van der Waals surface area (Å²) in [5.74, 6) is -0.357. The highest BCUT2D eigenvalue weighted by molar-refractivity contribution is 5.76. The van der Waals surface area contributed by atoms with Crippen LogP contribution in [0.4, 0.5) is 0 Å². The second-order valence-electron chi connectivity index (χ2n) is 3.74. The first-order chi connectivity index (χ1) is 7.51. The molecule has 1 aliphatic rings. The fraction of sp³-hybridized carbons (Fsp3) is 0.889. The molecule has 0 aromatic heterocycles. The second kappa shape index (κ2) is 5.55. The van der Waals surface area contributed by atoms with E-state index in [2.05, 4.69) is 5.32 Å². The molecule has 7 nitrogen and oxygen atoms in total. The summed E-state index contributed by atoms with van der Waals surface area (Å²) in [7, 11) is 1.44. The van der Waals surface area contributed by atoms with Crippen LogP contribution in [0.2, 0.25) is 0 Å². The third-order valence-corrected chi connectivity index (χ3v) is 2.66. The fourth-order valence-electron chi connectivity index (χ4n) is 1.63. The quantitative estimate of drug-likeness (QED) is 0.355. The zero-order valence-corrected chi connectivity index (χ0v) is 8.91. The molecule has 94 valence electrons. The standard InChI is InChI=1S/C9H17NO6/c1-10-6(12)2-4-7(13)9(15)8(14)5(3-11)16-4/h4-5,7-9,11,13-15H,2-3H2,1H3,(H,10,12)/t4?,5-,7+,8+,9-/m1/s1. The lowest BCUT2D eigenvalue weighted by Crippen LogP contribution is -2.59. The first-order valence-electron chi connectivity index (χ1n) is 5.02. The topological polar surface area (TPSA) is 119 Å². The van der Waals surface area contributed by atoms with Gasteiger partial charge in [-0.2, -0.15) is 0 Å². The summed E-state index contributed by atoms with van der Waals surface area (Å²) in [5.41, 5.74) is 0. The summed E-state index contributed by atoms with van der Waals surface area (Å²) >= 11 is 0. The molecule has 1 amide bonds. The minimum atomic E-state index is -1.43. The van der Waals surface area contributed by atoms with Gasteiger partial charge in [0.25, 0.3) is 0 Å². The largest absolute Gasteiger partial charge is 0.394 e.